The molecule has 23 heavy (non-hydrogen) atoms. The molecule has 1 rings (SSSR count). The summed E-state index contributed by atoms with van der Waals surface area (Å²) in [4.78, 5) is 0. The average Bonchev–Trinajstić information content (AvgIpc) is 2.42. The summed E-state index contributed by atoms with van der Waals surface area (Å²) in [7, 11) is -2.17. The lowest BCUT2D eigenvalue weighted by Gasteiger charge is -2.36. The van der Waals surface area contributed by atoms with Gasteiger partial charge < -0.3 is 24.9 Å². The first-order valence-electron chi connectivity index (χ1n) is 7.69. The summed E-state index contributed by atoms with van der Waals surface area (Å²) < 4.78 is 5.62. The van der Waals surface area contributed by atoms with Crippen molar-refractivity contribution >= 4 is 7.32 Å². The van der Waals surface area contributed by atoms with Gasteiger partial charge >= 0.3 is 7.32 Å². The number of hydrogen-bond donors (Lipinski definition) is 4. The Balaban J connectivity index is 0.00000108. The Morgan fingerprint density at radius 1 is 1.04 bits per heavy atom. The zero-order chi connectivity index (χ0) is 17.9. The third-order valence-electron chi connectivity index (χ3n) is 3.61. The maximum Gasteiger partial charge on any atom is 0.631 e. The predicted molar refractivity (Wildman–Crippen MR) is 92.4 cm³/mol. The van der Waals surface area contributed by atoms with Crippen molar-refractivity contribution in [2.75, 3.05) is 0 Å². The van der Waals surface area contributed by atoms with Gasteiger partial charge in [-0.1, -0.05) is 30.3 Å². The fourth-order valence-electron chi connectivity index (χ4n) is 1.50. The van der Waals surface area contributed by atoms with Crippen LogP contribution >= 0.6 is 0 Å². The standard InChI is InChI=1S/C17H26O2.BH3O3/c1-16(2,18)17(3,4)19-14-10-6-9-13-15-11-7-5-8-12-15;2-1(3)4/h5,7-8,10-12,14,18H,6,9,13H2,1-4H3;2-4H. The van der Waals surface area contributed by atoms with Crippen molar-refractivity contribution in [3.05, 3.63) is 48.2 Å². The summed E-state index contributed by atoms with van der Waals surface area (Å²) in [5, 5.41) is 31.4. The van der Waals surface area contributed by atoms with Gasteiger partial charge in [-0.2, -0.15) is 0 Å². The third-order valence-corrected chi connectivity index (χ3v) is 3.61. The van der Waals surface area contributed by atoms with Gasteiger partial charge in [0.15, 0.2) is 0 Å². The van der Waals surface area contributed by atoms with Gasteiger partial charge in [0.25, 0.3) is 0 Å². The summed E-state index contributed by atoms with van der Waals surface area (Å²) in [6.45, 7) is 7.30. The molecular weight excluding hydrogens is 295 g/mol. The van der Waals surface area contributed by atoms with E-state index in [-0.39, 0.29) is 0 Å². The number of aliphatic hydroxyl groups is 1. The van der Waals surface area contributed by atoms with Crippen molar-refractivity contribution in [3.8, 4) is 0 Å². The van der Waals surface area contributed by atoms with Gasteiger partial charge in [0.1, 0.15) is 5.60 Å². The summed E-state index contributed by atoms with van der Waals surface area (Å²) in [6.07, 6.45) is 6.91. The Bertz CT molecular complexity index is 435. The van der Waals surface area contributed by atoms with Crippen LogP contribution < -0.4 is 0 Å². The minimum absolute atomic E-state index is 0.580. The number of aryl methyl sites for hydroxylation is 1. The van der Waals surface area contributed by atoms with Gasteiger partial charge in [0.05, 0.1) is 11.9 Å². The van der Waals surface area contributed by atoms with Gasteiger partial charge in [0, 0.05) is 0 Å². The maximum atomic E-state index is 9.94. The normalized spacial score (nSPS) is 11.8. The van der Waals surface area contributed by atoms with E-state index >= 15 is 0 Å². The summed E-state index contributed by atoms with van der Waals surface area (Å²) >= 11 is 0. The Morgan fingerprint density at radius 3 is 2.04 bits per heavy atom. The topological polar surface area (TPSA) is 90.2 Å². The molecule has 0 heterocycles. The van der Waals surface area contributed by atoms with Crippen LogP contribution in [0.15, 0.2) is 42.7 Å². The van der Waals surface area contributed by atoms with Crippen LogP contribution in [-0.4, -0.2) is 38.7 Å². The van der Waals surface area contributed by atoms with Gasteiger partial charge in [-0.05, 0) is 58.6 Å². The molecule has 4 N–H and O–H groups in total. The van der Waals surface area contributed by atoms with Crippen molar-refractivity contribution in [1.29, 1.82) is 0 Å². The van der Waals surface area contributed by atoms with Crippen LogP contribution in [0.25, 0.3) is 0 Å². The summed E-state index contributed by atoms with van der Waals surface area (Å²) in [5.74, 6) is 0. The highest BCUT2D eigenvalue weighted by atomic mass is 16.5. The molecule has 0 atom stereocenters. The van der Waals surface area contributed by atoms with Gasteiger partial charge in [0.2, 0.25) is 0 Å². The summed E-state index contributed by atoms with van der Waals surface area (Å²) in [6, 6.07) is 10.5. The molecular formula is C17H29BO5. The van der Waals surface area contributed by atoms with Crippen molar-refractivity contribution in [2.24, 2.45) is 0 Å². The molecule has 0 spiro atoms. The van der Waals surface area contributed by atoms with Crippen molar-refractivity contribution in [3.63, 3.8) is 0 Å². The number of rotatable bonds is 7. The molecule has 0 amide bonds. The second-order valence-electron chi connectivity index (χ2n) is 6.28. The van der Waals surface area contributed by atoms with E-state index in [0.29, 0.717) is 0 Å². The van der Waals surface area contributed by atoms with E-state index in [0.717, 1.165) is 19.3 Å². The first-order chi connectivity index (χ1) is 10.6. The minimum Gasteiger partial charge on any atom is -0.493 e. The lowest BCUT2D eigenvalue weighted by Crippen LogP contribution is -2.46. The maximum absolute atomic E-state index is 9.94. The van der Waals surface area contributed by atoms with Crippen LogP contribution in [0.5, 0.6) is 0 Å². The number of unbranched alkanes of at least 4 members (excludes halogenated alkanes) is 1. The average molecular weight is 324 g/mol. The van der Waals surface area contributed by atoms with Gasteiger partial charge in [-0.15, -0.1) is 0 Å². The molecule has 0 bridgehead atoms. The highest BCUT2D eigenvalue weighted by molar-refractivity contribution is 6.30. The molecule has 0 unspecified atom stereocenters. The van der Waals surface area contributed by atoms with Crippen LogP contribution in [0.3, 0.4) is 0 Å². The highest BCUT2D eigenvalue weighted by Gasteiger charge is 2.36. The molecule has 0 saturated heterocycles. The Labute approximate surface area is 139 Å². The molecule has 130 valence electrons. The van der Waals surface area contributed by atoms with Crippen LogP contribution in [0, 0.1) is 0 Å². The monoisotopic (exact) mass is 324 g/mol. The van der Waals surface area contributed by atoms with E-state index in [2.05, 4.69) is 24.3 Å². The van der Waals surface area contributed by atoms with Gasteiger partial charge in [-0.25, -0.2) is 0 Å². The second-order valence-corrected chi connectivity index (χ2v) is 6.28. The van der Waals surface area contributed by atoms with Crippen LogP contribution in [-0.2, 0) is 11.2 Å². The molecule has 5 nitrogen and oxygen atoms in total. The van der Waals surface area contributed by atoms with E-state index in [1.54, 1.807) is 20.1 Å². The van der Waals surface area contributed by atoms with Gasteiger partial charge in [-0.3, -0.25) is 0 Å². The largest absolute Gasteiger partial charge is 0.631 e. The molecule has 0 aliphatic rings. The molecule has 6 heteroatoms. The number of ether oxygens (including phenoxy) is 1. The molecule has 0 aromatic heterocycles. The third kappa shape index (κ3) is 10.9. The summed E-state index contributed by atoms with van der Waals surface area (Å²) in [5.41, 5.74) is -0.0711. The fraction of sp³-hybridized carbons (Fsp3) is 0.529. The van der Waals surface area contributed by atoms with E-state index in [1.165, 1.54) is 5.56 Å². The first-order valence-corrected chi connectivity index (χ1v) is 7.69. The van der Waals surface area contributed by atoms with E-state index in [1.807, 2.05) is 26.0 Å². The molecule has 1 aromatic rings. The van der Waals surface area contributed by atoms with Crippen molar-refractivity contribution < 1.29 is 24.9 Å². The van der Waals surface area contributed by atoms with E-state index in [4.69, 9.17) is 19.8 Å². The predicted octanol–water partition coefficient (Wildman–Crippen LogP) is 2.04. The number of allylic oxidation sites excluding steroid dienone is 1. The Morgan fingerprint density at radius 2 is 1.57 bits per heavy atom. The zero-order valence-corrected chi connectivity index (χ0v) is 14.4. The first kappa shape index (κ1) is 21.7. The number of benzene rings is 1. The number of hydrogen-bond acceptors (Lipinski definition) is 5. The minimum atomic E-state index is -2.17. The van der Waals surface area contributed by atoms with E-state index < -0.39 is 18.5 Å². The van der Waals surface area contributed by atoms with E-state index in [9.17, 15) is 5.11 Å². The Kier molecular flexibility index (Phi) is 9.84. The zero-order valence-electron chi connectivity index (χ0n) is 14.4. The highest BCUT2D eigenvalue weighted by Crippen LogP contribution is 2.25. The van der Waals surface area contributed by atoms with Crippen LogP contribution in [0.2, 0.25) is 0 Å². The quantitative estimate of drug-likeness (QED) is 0.350. The smallest absolute Gasteiger partial charge is 0.493 e. The van der Waals surface area contributed by atoms with Crippen LogP contribution in [0.4, 0.5) is 0 Å². The van der Waals surface area contributed by atoms with Crippen molar-refractivity contribution in [1.82, 2.24) is 0 Å². The lowest BCUT2D eigenvalue weighted by molar-refractivity contribution is -0.114. The lowest BCUT2D eigenvalue weighted by atomic mass is 9.90. The molecule has 0 aliphatic heterocycles. The second kappa shape index (κ2) is 10.4. The molecule has 0 radical (unpaired) electrons. The fourth-order valence-corrected chi connectivity index (χ4v) is 1.50. The molecule has 0 saturated carbocycles. The molecule has 1 aromatic carbocycles. The molecule has 0 fully saturated rings. The Hall–Kier alpha value is -1.34. The van der Waals surface area contributed by atoms with Crippen molar-refractivity contribution in [2.45, 2.75) is 58.2 Å². The van der Waals surface area contributed by atoms with Crippen LogP contribution in [0.1, 0.15) is 46.1 Å². The SMILES string of the molecule is CC(C)(O)C(C)(C)OC=CCCCc1ccccc1.OB(O)O. The molecule has 0 aliphatic carbocycles.